The third kappa shape index (κ3) is 2.51. The van der Waals surface area contributed by atoms with Crippen molar-refractivity contribution in [2.75, 3.05) is 13.6 Å². The minimum absolute atomic E-state index is 0.430. The second kappa shape index (κ2) is 5.04. The number of halogens is 1. The second-order valence-corrected chi connectivity index (χ2v) is 7.38. The molecule has 0 radical (unpaired) electrons. The number of hydrogen-bond donors (Lipinski definition) is 1. The van der Waals surface area contributed by atoms with Gasteiger partial charge in [-0.25, -0.2) is 0 Å². The Morgan fingerprint density at radius 3 is 2.68 bits per heavy atom. The number of benzene rings is 1. The zero-order valence-corrected chi connectivity index (χ0v) is 13.7. The van der Waals surface area contributed by atoms with Crippen LogP contribution in [0.4, 0.5) is 0 Å². The normalized spacial score (nSPS) is 16.6. The van der Waals surface area contributed by atoms with Crippen molar-refractivity contribution in [3.8, 4) is 10.4 Å². The van der Waals surface area contributed by atoms with Gasteiger partial charge in [-0.2, -0.15) is 0 Å². The molecule has 1 nitrogen and oxygen atoms in total. The van der Waals surface area contributed by atoms with Crippen LogP contribution in [0.1, 0.15) is 23.3 Å². The average molecular weight is 336 g/mol. The van der Waals surface area contributed by atoms with Gasteiger partial charge in [0, 0.05) is 26.2 Å². The number of aryl methyl sites for hydroxylation is 1. The zero-order valence-electron chi connectivity index (χ0n) is 11.3. The van der Waals surface area contributed by atoms with Crippen LogP contribution in [-0.2, 0) is 5.41 Å². The van der Waals surface area contributed by atoms with Crippen LogP contribution in [-0.4, -0.2) is 13.6 Å². The molecule has 100 valence electrons. The first kappa shape index (κ1) is 13.3. The predicted octanol–water partition coefficient (Wildman–Crippen LogP) is 4.74. The molecular formula is C16H18BrNS. The molecule has 1 aliphatic carbocycles. The molecule has 0 atom stereocenters. The van der Waals surface area contributed by atoms with Crippen molar-refractivity contribution in [3.63, 3.8) is 0 Å². The molecule has 1 saturated carbocycles. The third-order valence-electron chi connectivity index (χ3n) is 3.95. The van der Waals surface area contributed by atoms with E-state index in [1.165, 1.54) is 38.2 Å². The maximum absolute atomic E-state index is 3.62. The molecule has 1 aliphatic rings. The number of nitrogens with one attached hydrogen (secondary N) is 1. The molecule has 3 rings (SSSR count). The van der Waals surface area contributed by atoms with Gasteiger partial charge in [-0.15, -0.1) is 11.3 Å². The highest BCUT2D eigenvalue weighted by Gasteiger charge is 2.44. The first-order valence-corrected chi connectivity index (χ1v) is 8.27. The van der Waals surface area contributed by atoms with E-state index < -0.39 is 0 Å². The molecule has 0 aliphatic heterocycles. The van der Waals surface area contributed by atoms with Crippen LogP contribution >= 0.6 is 27.3 Å². The van der Waals surface area contributed by atoms with Crippen molar-refractivity contribution in [1.82, 2.24) is 5.32 Å². The standard InChI is InChI=1S/C16H18BrNS/c1-11-3-4-12(9-13(11)17)14-5-6-15(19-14)16(7-8-16)10-18-2/h3-6,9,18H,7-8,10H2,1-2H3. The van der Waals surface area contributed by atoms with Crippen LogP contribution in [0.5, 0.6) is 0 Å². The summed E-state index contributed by atoms with van der Waals surface area (Å²) < 4.78 is 1.19. The number of rotatable bonds is 4. The van der Waals surface area contributed by atoms with Gasteiger partial charge in [-0.1, -0.05) is 28.1 Å². The summed E-state index contributed by atoms with van der Waals surface area (Å²) in [5.41, 5.74) is 3.03. The lowest BCUT2D eigenvalue weighted by Crippen LogP contribution is -2.22. The van der Waals surface area contributed by atoms with Crippen LogP contribution in [0.2, 0.25) is 0 Å². The highest BCUT2D eigenvalue weighted by molar-refractivity contribution is 9.10. The molecule has 1 fully saturated rings. The first-order valence-electron chi connectivity index (χ1n) is 6.66. The van der Waals surface area contributed by atoms with E-state index in [0.29, 0.717) is 5.41 Å². The fraction of sp³-hybridized carbons (Fsp3) is 0.375. The van der Waals surface area contributed by atoms with Gasteiger partial charge < -0.3 is 5.32 Å². The van der Waals surface area contributed by atoms with Crippen molar-refractivity contribution >= 4 is 27.3 Å². The van der Waals surface area contributed by atoms with Crippen molar-refractivity contribution in [2.24, 2.45) is 0 Å². The molecule has 0 saturated heterocycles. The summed E-state index contributed by atoms with van der Waals surface area (Å²) in [5, 5.41) is 3.33. The van der Waals surface area contributed by atoms with Gasteiger partial charge in [-0.05, 0) is 56.1 Å². The number of hydrogen-bond acceptors (Lipinski definition) is 2. The fourth-order valence-electron chi connectivity index (χ4n) is 2.52. The molecule has 0 amide bonds. The monoisotopic (exact) mass is 335 g/mol. The van der Waals surface area contributed by atoms with E-state index >= 15 is 0 Å². The van der Waals surface area contributed by atoms with Gasteiger partial charge in [0.1, 0.15) is 0 Å². The predicted molar refractivity (Wildman–Crippen MR) is 87.0 cm³/mol. The van der Waals surface area contributed by atoms with E-state index in [9.17, 15) is 0 Å². The summed E-state index contributed by atoms with van der Waals surface area (Å²) in [4.78, 5) is 2.91. The Morgan fingerprint density at radius 2 is 2.05 bits per heavy atom. The first-order chi connectivity index (χ1) is 9.14. The van der Waals surface area contributed by atoms with Gasteiger partial charge in [-0.3, -0.25) is 0 Å². The van der Waals surface area contributed by atoms with E-state index in [4.69, 9.17) is 0 Å². The number of thiophene rings is 1. The Balaban J connectivity index is 1.91. The Bertz CT molecular complexity index is 599. The Kier molecular flexibility index (Phi) is 3.54. The Hall–Kier alpha value is -0.640. The summed E-state index contributed by atoms with van der Waals surface area (Å²) in [5.74, 6) is 0. The molecular weight excluding hydrogens is 318 g/mol. The topological polar surface area (TPSA) is 12.0 Å². The molecule has 2 aromatic rings. The van der Waals surface area contributed by atoms with E-state index in [-0.39, 0.29) is 0 Å². The lowest BCUT2D eigenvalue weighted by atomic mass is 10.1. The fourth-order valence-corrected chi connectivity index (χ4v) is 4.15. The lowest BCUT2D eigenvalue weighted by molar-refractivity contribution is 0.634. The van der Waals surface area contributed by atoms with Crippen molar-refractivity contribution in [2.45, 2.75) is 25.2 Å². The van der Waals surface area contributed by atoms with E-state index in [1.54, 1.807) is 0 Å². The zero-order chi connectivity index (χ0) is 13.5. The highest BCUT2D eigenvalue weighted by Crippen LogP contribution is 2.51. The van der Waals surface area contributed by atoms with Crippen LogP contribution in [0.15, 0.2) is 34.8 Å². The minimum atomic E-state index is 0.430. The maximum Gasteiger partial charge on any atom is 0.0346 e. The second-order valence-electron chi connectivity index (χ2n) is 5.44. The van der Waals surface area contributed by atoms with Gasteiger partial charge >= 0.3 is 0 Å². The molecule has 1 N–H and O–H groups in total. The summed E-state index contributed by atoms with van der Waals surface area (Å²) in [6.07, 6.45) is 2.65. The largest absolute Gasteiger partial charge is 0.319 e. The average Bonchev–Trinajstić information content (AvgIpc) is 3.01. The van der Waals surface area contributed by atoms with E-state index in [1.807, 2.05) is 18.4 Å². The molecule has 3 heteroatoms. The van der Waals surface area contributed by atoms with Gasteiger partial charge in [0.15, 0.2) is 0 Å². The summed E-state index contributed by atoms with van der Waals surface area (Å²) >= 11 is 5.57. The molecule has 1 heterocycles. The number of likely N-dealkylation sites (N-methyl/N-ethyl adjacent to an activating group) is 1. The Morgan fingerprint density at radius 1 is 1.26 bits per heavy atom. The van der Waals surface area contributed by atoms with E-state index in [2.05, 4.69) is 58.5 Å². The van der Waals surface area contributed by atoms with Crippen molar-refractivity contribution < 1.29 is 0 Å². The molecule has 0 spiro atoms. The quantitative estimate of drug-likeness (QED) is 0.851. The summed E-state index contributed by atoms with van der Waals surface area (Å²) in [7, 11) is 2.05. The van der Waals surface area contributed by atoms with Gasteiger partial charge in [0.05, 0.1) is 0 Å². The minimum Gasteiger partial charge on any atom is -0.319 e. The lowest BCUT2D eigenvalue weighted by Gasteiger charge is -2.11. The van der Waals surface area contributed by atoms with Crippen LogP contribution in [0.25, 0.3) is 10.4 Å². The highest BCUT2D eigenvalue weighted by atomic mass is 79.9. The van der Waals surface area contributed by atoms with Crippen LogP contribution in [0.3, 0.4) is 0 Å². The Labute approximate surface area is 127 Å². The molecule has 0 bridgehead atoms. The van der Waals surface area contributed by atoms with E-state index in [0.717, 1.165) is 6.54 Å². The van der Waals surface area contributed by atoms with Gasteiger partial charge in [0.25, 0.3) is 0 Å². The maximum atomic E-state index is 3.62. The van der Waals surface area contributed by atoms with Crippen molar-refractivity contribution in [1.29, 1.82) is 0 Å². The summed E-state index contributed by atoms with van der Waals surface area (Å²) in [6.45, 7) is 3.23. The molecule has 0 unspecified atom stereocenters. The van der Waals surface area contributed by atoms with Crippen LogP contribution < -0.4 is 5.32 Å². The molecule has 19 heavy (non-hydrogen) atoms. The molecule has 1 aromatic heterocycles. The third-order valence-corrected chi connectivity index (χ3v) is 6.19. The van der Waals surface area contributed by atoms with Crippen molar-refractivity contribution in [3.05, 3.63) is 45.2 Å². The van der Waals surface area contributed by atoms with Crippen LogP contribution in [0, 0.1) is 6.92 Å². The molecule has 1 aromatic carbocycles. The SMILES string of the molecule is CNCC1(c2ccc(-c3ccc(C)c(Br)c3)s2)CC1. The van der Waals surface area contributed by atoms with Gasteiger partial charge in [0.2, 0.25) is 0 Å². The summed E-state index contributed by atoms with van der Waals surface area (Å²) in [6, 6.07) is 11.2. The smallest absolute Gasteiger partial charge is 0.0346 e.